The number of aromatic nitrogens is 2. The van der Waals surface area contributed by atoms with Crippen molar-refractivity contribution in [3.8, 4) is 11.1 Å². The van der Waals surface area contributed by atoms with Gasteiger partial charge in [0.1, 0.15) is 5.82 Å². The fourth-order valence-corrected chi connectivity index (χ4v) is 2.89. The van der Waals surface area contributed by atoms with Gasteiger partial charge in [-0.3, -0.25) is 4.68 Å². The third-order valence-corrected chi connectivity index (χ3v) is 4.06. The van der Waals surface area contributed by atoms with E-state index < -0.39 is 0 Å². The maximum atomic E-state index is 12.9. The van der Waals surface area contributed by atoms with E-state index >= 15 is 0 Å². The third kappa shape index (κ3) is 2.75. The summed E-state index contributed by atoms with van der Waals surface area (Å²) in [6, 6.07) is 6.47. The lowest BCUT2D eigenvalue weighted by atomic mass is 10.1. The Hall–Kier alpha value is -1.68. The molecule has 3 rings (SSSR count). The van der Waals surface area contributed by atoms with E-state index in [0.29, 0.717) is 0 Å². The first kappa shape index (κ1) is 13.3. The molecule has 1 fully saturated rings. The number of aliphatic hydroxyl groups is 1. The predicted octanol–water partition coefficient (Wildman–Crippen LogP) is 3.56. The summed E-state index contributed by atoms with van der Waals surface area (Å²) < 4.78 is 14.8. The summed E-state index contributed by atoms with van der Waals surface area (Å²) in [6.07, 6.45) is 8.62. The minimum absolute atomic E-state index is 0.0618. The molecule has 0 spiro atoms. The van der Waals surface area contributed by atoms with Crippen LogP contribution in [0.1, 0.15) is 38.1 Å². The molecule has 2 aromatic rings. The molecule has 0 amide bonds. The van der Waals surface area contributed by atoms with Crippen LogP contribution in [0.15, 0.2) is 36.7 Å². The van der Waals surface area contributed by atoms with Gasteiger partial charge in [-0.25, -0.2) is 4.39 Å². The van der Waals surface area contributed by atoms with Crippen LogP contribution in [0, 0.1) is 5.82 Å². The summed E-state index contributed by atoms with van der Waals surface area (Å²) in [5.41, 5.74) is 1.90. The van der Waals surface area contributed by atoms with Gasteiger partial charge < -0.3 is 5.11 Å². The molecular weight excluding hydrogens is 255 g/mol. The Labute approximate surface area is 118 Å². The highest BCUT2D eigenvalue weighted by Gasteiger charge is 2.23. The maximum Gasteiger partial charge on any atom is 0.123 e. The van der Waals surface area contributed by atoms with E-state index in [1.165, 1.54) is 18.6 Å². The normalized spacial score (nSPS) is 23.5. The zero-order valence-corrected chi connectivity index (χ0v) is 11.4. The SMILES string of the molecule is OC1CCCCCC1n1cc(-c2ccc(F)cc2)cn1. The smallest absolute Gasteiger partial charge is 0.123 e. The van der Waals surface area contributed by atoms with E-state index in [1.54, 1.807) is 18.3 Å². The summed E-state index contributed by atoms with van der Waals surface area (Å²) in [7, 11) is 0. The number of nitrogens with zero attached hydrogens (tertiary/aromatic N) is 2. The van der Waals surface area contributed by atoms with E-state index in [2.05, 4.69) is 5.10 Å². The molecule has 4 heteroatoms. The average molecular weight is 274 g/mol. The Bertz CT molecular complexity index is 564. The first-order valence-corrected chi connectivity index (χ1v) is 7.22. The second kappa shape index (κ2) is 5.75. The molecule has 1 aromatic heterocycles. The Morgan fingerprint density at radius 2 is 1.80 bits per heavy atom. The van der Waals surface area contributed by atoms with E-state index in [0.717, 1.165) is 36.8 Å². The Morgan fingerprint density at radius 3 is 2.60 bits per heavy atom. The van der Waals surface area contributed by atoms with Crippen molar-refractivity contribution in [3.05, 3.63) is 42.5 Å². The second-order valence-electron chi connectivity index (χ2n) is 5.49. The number of aliphatic hydroxyl groups excluding tert-OH is 1. The van der Waals surface area contributed by atoms with Crippen LogP contribution < -0.4 is 0 Å². The van der Waals surface area contributed by atoms with Crippen LogP contribution in [-0.4, -0.2) is 21.0 Å². The lowest BCUT2D eigenvalue weighted by molar-refractivity contribution is 0.0991. The summed E-state index contributed by atoms with van der Waals surface area (Å²) in [5.74, 6) is -0.236. The quantitative estimate of drug-likeness (QED) is 0.850. The third-order valence-electron chi connectivity index (χ3n) is 4.06. The van der Waals surface area contributed by atoms with E-state index in [9.17, 15) is 9.50 Å². The summed E-state index contributed by atoms with van der Waals surface area (Å²) in [6.45, 7) is 0. The van der Waals surface area contributed by atoms with Crippen molar-refractivity contribution >= 4 is 0 Å². The van der Waals surface area contributed by atoms with Gasteiger partial charge in [-0.1, -0.05) is 31.4 Å². The molecule has 1 heterocycles. The first-order chi connectivity index (χ1) is 9.74. The highest BCUT2D eigenvalue weighted by atomic mass is 19.1. The molecular formula is C16H19FN2O. The van der Waals surface area contributed by atoms with Gasteiger partial charge in [-0.05, 0) is 30.5 Å². The molecule has 1 N–H and O–H groups in total. The standard InChI is InChI=1S/C16H19FN2O/c17-14-8-6-12(7-9-14)13-10-18-19(11-13)15-4-2-1-3-5-16(15)20/h6-11,15-16,20H,1-5H2. The Morgan fingerprint density at radius 1 is 1.05 bits per heavy atom. The van der Waals surface area contributed by atoms with Crippen LogP contribution in [0.4, 0.5) is 4.39 Å². The van der Waals surface area contributed by atoms with Crippen molar-refractivity contribution < 1.29 is 9.50 Å². The van der Waals surface area contributed by atoms with Gasteiger partial charge in [-0.2, -0.15) is 5.10 Å². The molecule has 0 bridgehead atoms. The molecule has 2 atom stereocenters. The fraction of sp³-hybridized carbons (Fsp3) is 0.438. The maximum absolute atomic E-state index is 12.9. The van der Waals surface area contributed by atoms with Crippen LogP contribution >= 0.6 is 0 Å². The molecule has 1 aliphatic carbocycles. The van der Waals surface area contributed by atoms with Crippen LogP contribution in [0.2, 0.25) is 0 Å². The van der Waals surface area contributed by atoms with Gasteiger partial charge in [0.2, 0.25) is 0 Å². The molecule has 1 aromatic carbocycles. The minimum atomic E-state index is -0.321. The van der Waals surface area contributed by atoms with Crippen molar-refractivity contribution in [2.45, 2.75) is 44.2 Å². The van der Waals surface area contributed by atoms with Crippen molar-refractivity contribution in [1.82, 2.24) is 9.78 Å². The highest BCUT2D eigenvalue weighted by molar-refractivity contribution is 5.61. The zero-order chi connectivity index (χ0) is 13.9. The molecule has 0 aliphatic heterocycles. The van der Waals surface area contributed by atoms with Crippen molar-refractivity contribution in [2.75, 3.05) is 0 Å². The molecule has 1 saturated carbocycles. The highest BCUT2D eigenvalue weighted by Crippen LogP contribution is 2.29. The van der Waals surface area contributed by atoms with E-state index in [1.807, 2.05) is 10.9 Å². The van der Waals surface area contributed by atoms with Crippen LogP contribution in [0.3, 0.4) is 0 Å². The van der Waals surface area contributed by atoms with Crippen molar-refractivity contribution in [3.63, 3.8) is 0 Å². The number of rotatable bonds is 2. The lowest BCUT2D eigenvalue weighted by Crippen LogP contribution is -2.23. The predicted molar refractivity (Wildman–Crippen MR) is 75.7 cm³/mol. The number of halogens is 1. The minimum Gasteiger partial charge on any atom is -0.391 e. The van der Waals surface area contributed by atoms with Crippen LogP contribution in [0.5, 0.6) is 0 Å². The average Bonchev–Trinajstić information content (AvgIpc) is 2.83. The van der Waals surface area contributed by atoms with Crippen LogP contribution in [0.25, 0.3) is 11.1 Å². The van der Waals surface area contributed by atoms with Gasteiger partial charge in [0.25, 0.3) is 0 Å². The fourth-order valence-electron chi connectivity index (χ4n) is 2.89. The zero-order valence-electron chi connectivity index (χ0n) is 11.4. The van der Waals surface area contributed by atoms with Gasteiger partial charge >= 0.3 is 0 Å². The number of hydrogen-bond donors (Lipinski definition) is 1. The molecule has 106 valence electrons. The van der Waals surface area contributed by atoms with Gasteiger partial charge in [0, 0.05) is 11.8 Å². The van der Waals surface area contributed by atoms with E-state index in [-0.39, 0.29) is 18.0 Å². The summed E-state index contributed by atoms with van der Waals surface area (Å²) >= 11 is 0. The van der Waals surface area contributed by atoms with Gasteiger partial charge in [-0.15, -0.1) is 0 Å². The molecule has 1 aliphatic rings. The summed E-state index contributed by atoms with van der Waals surface area (Å²) in [4.78, 5) is 0. The number of hydrogen-bond acceptors (Lipinski definition) is 2. The monoisotopic (exact) mass is 274 g/mol. The molecule has 3 nitrogen and oxygen atoms in total. The summed E-state index contributed by atoms with van der Waals surface area (Å²) in [5, 5.41) is 14.6. The first-order valence-electron chi connectivity index (χ1n) is 7.22. The van der Waals surface area contributed by atoms with Crippen molar-refractivity contribution in [2.24, 2.45) is 0 Å². The molecule has 0 saturated heterocycles. The molecule has 0 radical (unpaired) electrons. The second-order valence-corrected chi connectivity index (χ2v) is 5.49. The number of benzene rings is 1. The van der Waals surface area contributed by atoms with E-state index in [4.69, 9.17) is 0 Å². The van der Waals surface area contributed by atoms with Gasteiger partial charge in [0.05, 0.1) is 18.3 Å². The Balaban J connectivity index is 1.83. The van der Waals surface area contributed by atoms with Crippen molar-refractivity contribution in [1.29, 1.82) is 0 Å². The van der Waals surface area contributed by atoms with Crippen LogP contribution in [-0.2, 0) is 0 Å². The molecule has 2 unspecified atom stereocenters. The Kier molecular flexibility index (Phi) is 3.83. The molecule has 20 heavy (non-hydrogen) atoms. The largest absolute Gasteiger partial charge is 0.391 e. The topological polar surface area (TPSA) is 38.0 Å². The lowest BCUT2D eigenvalue weighted by Gasteiger charge is -2.20. The van der Waals surface area contributed by atoms with Gasteiger partial charge in [0.15, 0.2) is 0 Å².